The number of ether oxygens (including phenoxy) is 1. The monoisotopic (exact) mass is 405 g/mol. The molecule has 0 fully saturated rings. The standard InChI is InChI=1S/C24H27N3O3/c1-16(2)20-10-12-21(13-11-20)25-22(28)15-30-24(29)23-17(3)26-27(18(23)4)14-19-8-6-5-7-9-19/h5-13,16H,14-15H2,1-4H3,(H,25,28). The molecule has 3 rings (SSSR count). The third-order valence-corrected chi connectivity index (χ3v) is 4.96. The van der Waals surface area contributed by atoms with Crippen molar-refractivity contribution in [1.82, 2.24) is 9.78 Å². The number of esters is 1. The van der Waals surface area contributed by atoms with Crippen molar-refractivity contribution in [1.29, 1.82) is 0 Å². The lowest BCUT2D eigenvalue weighted by Crippen LogP contribution is -2.21. The molecule has 6 nitrogen and oxygen atoms in total. The molecular weight excluding hydrogens is 378 g/mol. The van der Waals surface area contributed by atoms with E-state index in [4.69, 9.17) is 4.74 Å². The van der Waals surface area contributed by atoms with Crippen LogP contribution in [0.5, 0.6) is 0 Å². The van der Waals surface area contributed by atoms with Crippen molar-refractivity contribution in [3.63, 3.8) is 0 Å². The number of carbonyl (C=O) groups excluding carboxylic acids is 2. The van der Waals surface area contributed by atoms with Crippen LogP contribution in [-0.2, 0) is 16.1 Å². The molecule has 0 saturated heterocycles. The summed E-state index contributed by atoms with van der Waals surface area (Å²) in [4.78, 5) is 24.7. The number of aromatic nitrogens is 2. The Morgan fingerprint density at radius 3 is 2.33 bits per heavy atom. The zero-order chi connectivity index (χ0) is 21.7. The number of nitrogens with one attached hydrogen (secondary N) is 1. The fraction of sp³-hybridized carbons (Fsp3) is 0.292. The van der Waals surface area contributed by atoms with Crippen LogP contribution < -0.4 is 5.32 Å². The summed E-state index contributed by atoms with van der Waals surface area (Å²) in [5.74, 6) is -0.507. The van der Waals surface area contributed by atoms with Gasteiger partial charge in [0.15, 0.2) is 6.61 Å². The molecule has 0 atom stereocenters. The van der Waals surface area contributed by atoms with Crippen LogP contribution in [0.15, 0.2) is 54.6 Å². The van der Waals surface area contributed by atoms with E-state index in [1.165, 1.54) is 5.56 Å². The summed E-state index contributed by atoms with van der Waals surface area (Å²) in [6, 6.07) is 17.5. The minimum absolute atomic E-state index is 0.354. The summed E-state index contributed by atoms with van der Waals surface area (Å²) in [6.07, 6.45) is 0. The number of benzene rings is 2. The maximum Gasteiger partial charge on any atom is 0.342 e. The molecule has 6 heteroatoms. The number of carbonyl (C=O) groups is 2. The van der Waals surface area contributed by atoms with Crippen molar-refractivity contribution in [3.05, 3.63) is 82.7 Å². The maximum atomic E-state index is 12.6. The lowest BCUT2D eigenvalue weighted by atomic mass is 10.0. The lowest BCUT2D eigenvalue weighted by Gasteiger charge is -2.09. The molecule has 1 aromatic heterocycles. The van der Waals surface area contributed by atoms with Crippen LogP contribution >= 0.6 is 0 Å². The molecule has 0 saturated carbocycles. The second-order valence-corrected chi connectivity index (χ2v) is 7.59. The van der Waals surface area contributed by atoms with Crippen molar-refractivity contribution in [2.24, 2.45) is 0 Å². The predicted octanol–water partition coefficient (Wildman–Crippen LogP) is 4.47. The van der Waals surface area contributed by atoms with Gasteiger partial charge in [0.05, 0.1) is 17.9 Å². The molecule has 1 N–H and O–H groups in total. The Balaban J connectivity index is 1.60. The molecule has 0 spiro atoms. The quantitative estimate of drug-likeness (QED) is 0.589. The zero-order valence-corrected chi connectivity index (χ0v) is 17.8. The Morgan fingerprint density at radius 2 is 1.70 bits per heavy atom. The Morgan fingerprint density at radius 1 is 1.03 bits per heavy atom. The van der Waals surface area contributed by atoms with Crippen LogP contribution in [0.25, 0.3) is 0 Å². The van der Waals surface area contributed by atoms with E-state index in [1.807, 2.05) is 61.5 Å². The van der Waals surface area contributed by atoms with Crippen molar-refractivity contribution in [2.75, 3.05) is 11.9 Å². The number of anilines is 1. The van der Waals surface area contributed by atoms with Crippen molar-refractivity contribution in [2.45, 2.75) is 40.2 Å². The normalized spacial score (nSPS) is 10.8. The van der Waals surface area contributed by atoms with Gasteiger partial charge >= 0.3 is 5.97 Å². The smallest absolute Gasteiger partial charge is 0.342 e. The molecule has 2 aromatic carbocycles. The van der Waals surface area contributed by atoms with Crippen molar-refractivity contribution in [3.8, 4) is 0 Å². The molecule has 1 amide bonds. The number of amides is 1. The Hall–Kier alpha value is -3.41. The van der Waals surface area contributed by atoms with Gasteiger partial charge in [0, 0.05) is 5.69 Å². The minimum atomic E-state index is -0.547. The highest BCUT2D eigenvalue weighted by Gasteiger charge is 2.21. The van der Waals surface area contributed by atoms with Crippen LogP contribution in [0, 0.1) is 13.8 Å². The van der Waals surface area contributed by atoms with E-state index in [0.29, 0.717) is 35.1 Å². The highest BCUT2D eigenvalue weighted by molar-refractivity contribution is 5.96. The predicted molar refractivity (Wildman–Crippen MR) is 117 cm³/mol. The fourth-order valence-electron chi connectivity index (χ4n) is 3.25. The molecule has 3 aromatic rings. The molecule has 0 radical (unpaired) electrons. The molecule has 0 aliphatic carbocycles. The molecule has 156 valence electrons. The van der Waals surface area contributed by atoms with Gasteiger partial charge in [-0.3, -0.25) is 9.48 Å². The van der Waals surface area contributed by atoms with Crippen LogP contribution in [0.3, 0.4) is 0 Å². The van der Waals surface area contributed by atoms with E-state index in [0.717, 1.165) is 5.56 Å². The highest BCUT2D eigenvalue weighted by atomic mass is 16.5. The number of aryl methyl sites for hydroxylation is 1. The average molecular weight is 405 g/mol. The lowest BCUT2D eigenvalue weighted by molar-refractivity contribution is -0.119. The van der Waals surface area contributed by atoms with E-state index in [9.17, 15) is 9.59 Å². The molecule has 0 bridgehead atoms. The van der Waals surface area contributed by atoms with E-state index in [-0.39, 0.29) is 12.5 Å². The number of hydrogen-bond acceptors (Lipinski definition) is 4. The zero-order valence-electron chi connectivity index (χ0n) is 17.8. The van der Waals surface area contributed by atoms with Gasteiger partial charge in [-0.1, -0.05) is 56.3 Å². The summed E-state index contributed by atoms with van der Waals surface area (Å²) < 4.78 is 7.02. The SMILES string of the molecule is Cc1nn(Cc2ccccc2)c(C)c1C(=O)OCC(=O)Nc1ccc(C(C)C)cc1. The van der Waals surface area contributed by atoms with Gasteiger partial charge in [-0.2, -0.15) is 5.10 Å². The highest BCUT2D eigenvalue weighted by Crippen LogP contribution is 2.18. The Labute approximate surface area is 176 Å². The summed E-state index contributed by atoms with van der Waals surface area (Å²) in [5, 5.41) is 7.20. The first-order chi connectivity index (χ1) is 14.3. The summed E-state index contributed by atoms with van der Waals surface area (Å²) in [5.41, 5.74) is 4.65. The van der Waals surface area contributed by atoms with Gasteiger partial charge in [0.25, 0.3) is 5.91 Å². The molecule has 0 aliphatic rings. The maximum absolute atomic E-state index is 12.6. The van der Waals surface area contributed by atoms with E-state index < -0.39 is 5.97 Å². The minimum Gasteiger partial charge on any atom is -0.452 e. The second-order valence-electron chi connectivity index (χ2n) is 7.59. The molecule has 30 heavy (non-hydrogen) atoms. The average Bonchev–Trinajstić information content (AvgIpc) is 3.00. The summed E-state index contributed by atoms with van der Waals surface area (Å²) in [6.45, 7) is 8.02. The Bertz CT molecular complexity index is 1020. The van der Waals surface area contributed by atoms with Crippen LogP contribution in [0.4, 0.5) is 5.69 Å². The van der Waals surface area contributed by atoms with E-state index in [2.05, 4.69) is 24.3 Å². The van der Waals surface area contributed by atoms with Gasteiger partial charge in [-0.25, -0.2) is 4.79 Å². The second kappa shape index (κ2) is 9.39. The molecular formula is C24H27N3O3. The third-order valence-electron chi connectivity index (χ3n) is 4.96. The van der Waals surface area contributed by atoms with Gasteiger partial charge < -0.3 is 10.1 Å². The molecule has 0 unspecified atom stereocenters. The molecule has 1 heterocycles. The third kappa shape index (κ3) is 5.14. The van der Waals surface area contributed by atoms with Crippen LogP contribution in [-0.4, -0.2) is 28.3 Å². The van der Waals surface area contributed by atoms with Gasteiger partial charge in [0.1, 0.15) is 5.56 Å². The number of nitrogens with zero attached hydrogens (tertiary/aromatic N) is 2. The van der Waals surface area contributed by atoms with E-state index >= 15 is 0 Å². The topological polar surface area (TPSA) is 73.2 Å². The summed E-state index contributed by atoms with van der Waals surface area (Å²) in [7, 11) is 0. The van der Waals surface area contributed by atoms with Gasteiger partial charge in [-0.05, 0) is 43.0 Å². The van der Waals surface area contributed by atoms with Gasteiger partial charge in [-0.15, -0.1) is 0 Å². The first-order valence-corrected chi connectivity index (χ1v) is 10.00. The first-order valence-electron chi connectivity index (χ1n) is 10.00. The number of rotatable bonds is 7. The molecule has 0 aliphatic heterocycles. The first kappa shape index (κ1) is 21.3. The largest absolute Gasteiger partial charge is 0.452 e. The van der Waals surface area contributed by atoms with Crippen LogP contribution in [0.1, 0.15) is 52.6 Å². The van der Waals surface area contributed by atoms with Crippen molar-refractivity contribution < 1.29 is 14.3 Å². The number of hydrogen-bond donors (Lipinski definition) is 1. The Kier molecular flexibility index (Phi) is 6.67. The van der Waals surface area contributed by atoms with E-state index in [1.54, 1.807) is 11.6 Å². The van der Waals surface area contributed by atoms with Crippen molar-refractivity contribution >= 4 is 17.6 Å². The fourth-order valence-corrected chi connectivity index (χ4v) is 3.25. The van der Waals surface area contributed by atoms with Crippen LogP contribution in [0.2, 0.25) is 0 Å². The summed E-state index contributed by atoms with van der Waals surface area (Å²) >= 11 is 0. The van der Waals surface area contributed by atoms with Gasteiger partial charge in [0.2, 0.25) is 0 Å².